The van der Waals surface area contributed by atoms with E-state index in [4.69, 9.17) is 4.74 Å². The molecule has 1 atom stereocenters. The Morgan fingerprint density at radius 1 is 1.09 bits per heavy atom. The third-order valence-corrected chi connectivity index (χ3v) is 3.65. The van der Waals surface area contributed by atoms with Crippen LogP contribution in [0.3, 0.4) is 0 Å². The Labute approximate surface area is 141 Å². The number of ether oxygens (including phenoxy) is 1. The van der Waals surface area contributed by atoms with E-state index in [2.05, 4.69) is 24.5 Å². The topological polar surface area (TPSA) is 70.7 Å². The lowest BCUT2D eigenvalue weighted by Gasteiger charge is -2.25. The van der Waals surface area contributed by atoms with Crippen LogP contribution in [0.2, 0.25) is 0 Å². The van der Waals surface area contributed by atoms with Crippen LogP contribution in [0.15, 0.2) is 0 Å². The Hall–Kier alpha value is -1.30. The van der Waals surface area contributed by atoms with Crippen molar-refractivity contribution in [2.75, 3.05) is 32.7 Å². The van der Waals surface area contributed by atoms with Crippen LogP contribution >= 0.6 is 0 Å². The molecular weight excluding hydrogens is 294 g/mol. The van der Waals surface area contributed by atoms with Crippen molar-refractivity contribution in [1.82, 2.24) is 15.5 Å². The number of nitrogens with zero attached hydrogens (tertiary/aromatic N) is 1. The molecule has 2 N–H and O–H groups in total. The minimum Gasteiger partial charge on any atom is -0.444 e. The molecule has 2 amide bonds. The van der Waals surface area contributed by atoms with Crippen LogP contribution < -0.4 is 10.6 Å². The minimum atomic E-state index is -0.494. The lowest BCUT2D eigenvalue weighted by Crippen LogP contribution is -2.43. The van der Waals surface area contributed by atoms with Gasteiger partial charge in [-0.1, -0.05) is 13.8 Å². The van der Waals surface area contributed by atoms with Gasteiger partial charge in [0.05, 0.1) is 6.54 Å². The SMILES string of the molecule is CCN(CC)C(=O)CNCC(CNC(=O)OC(C)(C)C)C(C)C. The standard InChI is InChI=1S/C17H35N3O3/c1-8-20(9-2)15(21)12-18-10-14(13(3)4)11-19-16(22)23-17(5,6)7/h13-14,18H,8-12H2,1-7H3,(H,19,22). The van der Waals surface area contributed by atoms with E-state index in [1.54, 1.807) is 4.90 Å². The maximum absolute atomic E-state index is 12.0. The lowest BCUT2D eigenvalue weighted by molar-refractivity contribution is -0.129. The fourth-order valence-electron chi connectivity index (χ4n) is 2.12. The van der Waals surface area contributed by atoms with E-state index in [0.29, 0.717) is 25.6 Å². The lowest BCUT2D eigenvalue weighted by atomic mass is 9.96. The van der Waals surface area contributed by atoms with Gasteiger partial charge in [0.15, 0.2) is 0 Å². The Kier molecular flexibility index (Phi) is 9.88. The molecule has 23 heavy (non-hydrogen) atoms. The molecule has 0 saturated carbocycles. The fourth-order valence-corrected chi connectivity index (χ4v) is 2.12. The number of hydrogen-bond acceptors (Lipinski definition) is 4. The van der Waals surface area contributed by atoms with Gasteiger partial charge in [-0.2, -0.15) is 0 Å². The first-order valence-electron chi connectivity index (χ1n) is 8.56. The number of hydrogen-bond donors (Lipinski definition) is 2. The van der Waals surface area contributed by atoms with E-state index in [1.807, 2.05) is 34.6 Å². The van der Waals surface area contributed by atoms with Gasteiger partial charge in [-0.15, -0.1) is 0 Å². The molecule has 0 spiro atoms. The summed E-state index contributed by atoms with van der Waals surface area (Å²) in [6.07, 6.45) is -0.401. The summed E-state index contributed by atoms with van der Waals surface area (Å²) >= 11 is 0. The third kappa shape index (κ3) is 10.2. The van der Waals surface area contributed by atoms with Gasteiger partial charge >= 0.3 is 6.09 Å². The molecule has 0 aromatic heterocycles. The Morgan fingerprint density at radius 3 is 2.09 bits per heavy atom. The molecule has 0 aromatic rings. The van der Waals surface area contributed by atoms with Crippen molar-refractivity contribution in [2.45, 2.75) is 54.1 Å². The van der Waals surface area contributed by atoms with Gasteiger partial charge in [0.25, 0.3) is 0 Å². The summed E-state index contributed by atoms with van der Waals surface area (Å²) in [7, 11) is 0. The van der Waals surface area contributed by atoms with E-state index in [-0.39, 0.29) is 11.8 Å². The first-order chi connectivity index (χ1) is 10.6. The molecule has 0 heterocycles. The van der Waals surface area contributed by atoms with Gasteiger partial charge in [-0.05, 0) is 46.5 Å². The van der Waals surface area contributed by atoms with Crippen LogP contribution in [0.1, 0.15) is 48.5 Å². The first-order valence-corrected chi connectivity index (χ1v) is 8.56. The number of carbonyl (C=O) groups is 2. The highest BCUT2D eigenvalue weighted by Crippen LogP contribution is 2.10. The monoisotopic (exact) mass is 329 g/mol. The molecule has 136 valence electrons. The molecule has 0 aliphatic carbocycles. The van der Waals surface area contributed by atoms with Crippen molar-refractivity contribution in [3.05, 3.63) is 0 Å². The normalized spacial score (nSPS) is 12.9. The zero-order chi connectivity index (χ0) is 18.0. The zero-order valence-corrected chi connectivity index (χ0v) is 15.9. The number of amides is 2. The van der Waals surface area contributed by atoms with Crippen molar-refractivity contribution in [3.8, 4) is 0 Å². The third-order valence-electron chi connectivity index (χ3n) is 3.65. The summed E-state index contributed by atoms with van der Waals surface area (Å²) in [5.41, 5.74) is -0.494. The summed E-state index contributed by atoms with van der Waals surface area (Å²) in [5.74, 6) is 0.741. The van der Waals surface area contributed by atoms with Crippen LogP contribution in [0.25, 0.3) is 0 Å². The predicted molar refractivity (Wildman–Crippen MR) is 93.4 cm³/mol. The van der Waals surface area contributed by atoms with Crippen molar-refractivity contribution < 1.29 is 14.3 Å². The molecule has 0 radical (unpaired) electrons. The van der Waals surface area contributed by atoms with E-state index < -0.39 is 11.7 Å². The van der Waals surface area contributed by atoms with Gasteiger partial charge < -0.3 is 20.3 Å². The van der Waals surface area contributed by atoms with Crippen LogP contribution in [-0.4, -0.2) is 55.2 Å². The van der Waals surface area contributed by atoms with Crippen LogP contribution in [0.5, 0.6) is 0 Å². The van der Waals surface area contributed by atoms with Gasteiger partial charge in [0, 0.05) is 26.2 Å². The van der Waals surface area contributed by atoms with Gasteiger partial charge in [0.1, 0.15) is 5.60 Å². The zero-order valence-electron chi connectivity index (χ0n) is 15.9. The second-order valence-corrected chi connectivity index (χ2v) is 7.08. The molecule has 6 heteroatoms. The number of rotatable bonds is 9. The van der Waals surface area contributed by atoms with E-state index in [0.717, 1.165) is 13.1 Å². The average Bonchev–Trinajstić information content (AvgIpc) is 2.41. The molecular formula is C17H35N3O3. The van der Waals surface area contributed by atoms with Crippen LogP contribution in [0.4, 0.5) is 4.79 Å². The quantitative estimate of drug-likeness (QED) is 0.680. The molecule has 0 rings (SSSR count). The molecule has 0 saturated heterocycles. The molecule has 0 aliphatic heterocycles. The molecule has 1 unspecified atom stereocenters. The highest BCUT2D eigenvalue weighted by atomic mass is 16.6. The Bertz CT molecular complexity index is 361. The highest BCUT2D eigenvalue weighted by molar-refractivity contribution is 5.78. The number of likely N-dealkylation sites (N-methyl/N-ethyl adjacent to an activating group) is 1. The molecule has 0 aliphatic rings. The maximum Gasteiger partial charge on any atom is 0.407 e. The number of nitrogens with one attached hydrogen (secondary N) is 2. The summed E-state index contributed by atoms with van der Waals surface area (Å²) in [5, 5.41) is 6.01. The largest absolute Gasteiger partial charge is 0.444 e. The summed E-state index contributed by atoms with van der Waals surface area (Å²) in [6, 6.07) is 0. The molecule has 0 bridgehead atoms. The predicted octanol–water partition coefficient (Wildman–Crippen LogP) is 2.24. The summed E-state index contributed by atoms with van der Waals surface area (Å²) in [6.45, 7) is 16.7. The summed E-state index contributed by atoms with van der Waals surface area (Å²) in [4.78, 5) is 25.5. The highest BCUT2D eigenvalue weighted by Gasteiger charge is 2.19. The first kappa shape index (κ1) is 21.7. The van der Waals surface area contributed by atoms with Crippen molar-refractivity contribution in [2.24, 2.45) is 11.8 Å². The van der Waals surface area contributed by atoms with E-state index in [1.165, 1.54) is 0 Å². The number of carbonyl (C=O) groups excluding carboxylic acids is 2. The van der Waals surface area contributed by atoms with Gasteiger partial charge in [-0.25, -0.2) is 4.79 Å². The molecule has 6 nitrogen and oxygen atoms in total. The van der Waals surface area contributed by atoms with E-state index >= 15 is 0 Å². The maximum atomic E-state index is 12.0. The van der Waals surface area contributed by atoms with Crippen molar-refractivity contribution >= 4 is 12.0 Å². The second kappa shape index (κ2) is 10.5. The number of alkyl carbamates (subject to hydrolysis) is 1. The average molecular weight is 329 g/mol. The van der Waals surface area contributed by atoms with Crippen LogP contribution in [0, 0.1) is 11.8 Å². The van der Waals surface area contributed by atoms with Crippen molar-refractivity contribution in [3.63, 3.8) is 0 Å². The molecule has 0 fully saturated rings. The fraction of sp³-hybridized carbons (Fsp3) is 0.882. The van der Waals surface area contributed by atoms with E-state index in [9.17, 15) is 9.59 Å². The van der Waals surface area contributed by atoms with Gasteiger partial charge in [-0.3, -0.25) is 4.79 Å². The smallest absolute Gasteiger partial charge is 0.407 e. The second-order valence-electron chi connectivity index (χ2n) is 7.08. The Balaban J connectivity index is 4.23. The van der Waals surface area contributed by atoms with Crippen molar-refractivity contribution in [1.29, 1.82) is 0 Å². The van der Waals surface area contributed by atoms with Crippen LogP contribution in [-0.2, 0) is 9.53 Å². The summed E-state index contributed by atoms with van der Waals surface area (Å²) < 4.78 is 5.24. The Morgan fingerprint density at radius 2 is 1.65 bits per heavy atom. The molecule has 0 aromatic carbocycles. The van der Waals surface area contributed by atoms with Gasteiger partial charge in [0.2, 0.25) is 5.91 Å². The minimum absolute atomic E-state index is 0.109.